The van der Waals surface area contributed by atoms with Crippen LogP contribution in [-0.4, -0.2) is 40.5 Å². The Labute approximate surface area is 102 Å². The second-order valence-electron chi connectivity index (χ2n) is 5.29. The molecule has 2 heterocycles. The molecule has 0 saturated carbocycles. The first-order valence-corrected chi connectivity index (χ1v) is 5.96. The van der Waals surface area contributed by atoms with Gasteiger partial charge in [-0.25, -0.2) is 0 Å². The number of piperazine rings is 1. The fourth-order valence-corrected chi connectivity index (χ4v) is 2.10. The van der Waals surface area contributed by atoms with Crippen molar-refractivity contribution in [1.82, 2.24) is 15.2 Å². The number of aromatic nitrogens is 1. The highest BCUT2D eigenvalue weighted by Gasteiger charge is 2.33. The molecule has 1 amide bonds. The van der Waals surface area contributed by atoms with Gasteiger partial charge in [0, 0.05) is 37.1 Å². The molecule has 92 valence electrons. The molecule has 0 aliphatic carbocycles. The lowest BCUT2D eigenvalue weighted by Gasteiger charge is -2.43. The van der Waals surface area contributed by atoms with E-state index in [-0.39, 0.29) is 17.5 Å². The molecule has 0 bridgehead atoms. The van der Waals surface area contributed by atoms with Crippen molar-refractivity contribution in [2.75, 3.05) is 13.1 Å². The van der Waals surface area contributed by atoms with Crippen molar-refractivity contribution in [1.29, 1.82) is 0 Å². The summed E-state index contributed by atoms with van der Waals surface area (Å²) >= 11 is 0. The third kappa shape index (κ3) is 2.64. The Morgan fingerprint density at radius 3 is 3.00 bits per heavy atom. The van der Waals surface area contributed by atoms with Crippen molar-refractivity contribution in [2.45, 2.75) is 32.4 Å². The molecule has 1 aromatic heterocycles. The molecule has 1 aliphatic rings. The maximum atomic E-state index is 12.4. The first-order chi connectivity index (χ1) is 7.99. The van der Waals surface area contributed by atoms with Crippen LogP contribution in [0.4, 0.5) is 0 Å². The van der Waals surface area contributed by atoms with Crippen LogP contribution in [0.1, 0.15) is 31.1 Å². The van der Waals surface area contributed by atoms with E-state index in [1.165, 1.54) is 0 Å². The van der Waals surface area contributed by atoms with Gasteiger partial charge in [-0.3, -0.25) is 9.78 Å². The summed E-state index contributed by atoms with van der Waals surface area (Å²) in [6, 6.07) is 3.83. The Morgan fingerprint density at radius 2 is 2.35 bits per heavy atom. The summed E-state index contributed by atoms with van der Waals surface area (Å²) in [5.41, 5.74) is 0.641. The lowest BCUT2D eigenvalue weighted by Crippen LogP contribution is -2.62. The average molecular weight is 233 g/mol. The van der Waals surface area contributed by atoms with Crippen LogP contribution in [0.5, 0.6) is 0 Å². The van der Waals surface area contributed by atoms with Gasteiger partial charge in [0.15, 0.2) is 0 Å². The SMILES string of the molecule is CC1CNC(C)(C)CN1C(=O)c1cccnc1. The van der Waals surface area contributed by atoms with Crippen LogP contribution in [-0.2, 0) is 0 Å². The zero-order chi connectivity index (χ0) is 12.5. The molecule has 1 unspecified atom stereocenters. The number of carbonyl (C=O) groups is 1. The molecule has 4 nitrogen and oxygen atoms in total. The van der Waals surface area contributed by atoms with Crippen molar-refractivity contribution in [3.8, 4) is 0 Å². The summed E-state index contributed by atoms with van der Waals surface area (Å²) in [6.07, 6.45) is 3.31. The number of hydrogen-bond donors (Lipinski definition) is 1. The zero-order valence-corrected chi connectivity index (χ0v) is 10.6. The van der Waals surface area contributed by atoms with Gasteiger partial charge >= 0.3 is 0 Å². The minimum atomic E-state index is -0.0234. The van der Waals surface area contributed by atoms with E-state index in [1.807, 2.05) is 11.0 Å². The van der Waals surface area contributed by atoms with Gasteiger partial charge in [-0.15, -0.1) is 0 Å². The van der Waals surface area contributed by atoms with E-state index in [1.54, 1.807) is 18.5 Å². The highest BCUT2D eigenvalue weighted by molar-refractivity contribution is 5.94. The Bertz CT molecular complexity index is 402. The van der Waals surface area contributed by atoms with Crippen molar-refractivity contribution in [3.63, 3.8) is 0 Å². The highest BCUT2D eigenvalue weighted by atomic mass is 16.2. The molecule has 4 heteroatoms. The molecular formula is C13H19N3O. The highest BCUT2D eigenvalue weighted by Crippen LogP contribution is 2.17. The third-order valence-corrected chi connectivity index (χ3v) is 3.14. The van der Waals surface area contributed by atoms with Crippen LogP contribution in [0.2, 0.25) is 0 Å². The number of nitrogens with zero attached hydrogens (tertiary/aromatic N) is 2. The Morgan fingerprint density at radius 1 is 1.59 bits per heavy atom. The predicted octanol–water partition coefficient (Wildman–Crippen LogP) is 1.29. The molecule has 1 N–H and O–H groups in total. The Balaban J connectivity index is 2.18. The molecule has 0 aromatic carbocycles. The summed E-state index contributed by atoms with van der Waals surface area (Å²) in [6.45, 7) is 7.85. The minimum Gasteiger partial charge on any atom is -0.333 e. The molecule has 1 saturated heterocycles. The van der Waals surface area contributed by atoms with E-state index in [9.17, 15) is 4.79 Å². The van der Waals surface area contributed by atoms with E-state index in [4.69, 9.17) is 0 Å². The fourth-order valence-electron chi connectivity index (χ4n) is 2.10. The van der Waals surface area contributed by atoms with Crippen LogP contribution in [0.3, 0.4) is 0 Å². The summed E-state index contributed by atoms with van der Waals surface area (Å²) in [7, 11) is 0. The van der Waals surface area contributed by atoms with Crippen molar-refractivity contribution < 1.29 is 4.79 Å². The number of amides is 1. The first kappa shape index (κ1) is 12.0. The molecule has 2 rings (SSSR count). The number of rotatable bonds is 1. The van der Waals surface area contributed by atoms with E-state index < -0.39 is 0 Å². The third-order valence-electron chi connectivity index (χ3n) is 3.14. The lowest BCUT2D eigenvalue weighted by molar-refractivity contribution is 0.0533. The molecule has 0 radical (unpaired) electrons. The summed E-state index contributed by atoms with van der Waals surface area (Å²) < 4.78 is 0. The quantitative estimate of drug-likeness (QED) is 0.795. The molecule has 1 aromatic rings. The number of carbonyl (C=O) groups excluding carboxylic acids is 1. The second-order valence-corrected chi connectivity index (χ2v) is 5.29. The molecule has 1 atom stereocenters. The summed E-state index contributed by atoms with van der Waals surface area (Å²) in [5, 5.41) is 3.43. The fraction of sp³-hybridized carbons (Fsp3) is 0.538. The maximum Gasteiger partial charge on any atom is 0.255 e. The standard InChI is InChI=1S/C13H19N3O/c1-10-7-15-13(2,3)9-16(10)12(17)11-5-4-6-14-8-11/h4-6,8,10,15H,7,9H2,1-3H3. The van der Waals surface area contributed by atoms with Crippen LogP contribution in [0, 0.1) is 0 Å². The average Bonchev–Trinajstić information content (AvgIpc) is 2.33. The predicted molar refractivity (Wildman–Crippen MR) is 66.8 cm³/mol. The van der Waals surface area contributed by atoms with Gasteiger partial charge in [0.1, 0.15) is 0 Å². The van der Waals surface area contributed by atoms with Crippen LogP contribution in [0.15, 0.2) is 24.5 Å². The van der Waals surface area contributed by atoms with Crippen molar-refractivity contribution in [3.05, 3.63) is 30.1 Å². The molecule has 1 fully saturated rings. The van der Waals surface area contributed by atoms with Crippen molar-refractivity contribution >= 4 is 5.91 Å². The minimum absolute atomic E-state index is 0.0234. The second kappa shape index (κ2) is 4.45. The monoisotopic (exact) mass is 233 g/mol. The number of hydrogen-bond acceptors (Lipinski definition) is 3. The summed E-state index contributed by atoms with van der Waals surface area (Å²) in [4.78, 5) is 18.3. The smallest absolute Gasteiger partial charge is 0.255 e. The van der Waals surface area contributed by atoms with Gasteiger partial charge in [-0.1, -0.05) is 0 Å². The van der Waals surface area contributed by atoms with Crippen molar-refractivity contribution in [2.24, 2.45) is 0 Å². The molecule has 17 heavy (non-hydrogen) atoms. The van der Waals surface area contributed by atoms with Crippen LogP contribution >= 0.6 is 0 Å². The van der Waals surface area contributed by atoms with Gasteiger partial charge in [0.25, 0.3) is 5.91 Å². The van der Waals surface area contributed by atoms with E-state index in [0.29, 0.717) is 5.56 Å². The lowest BCUT2D eigenvalue weighted by atomic mass is 9.98. The Kier molecular flexibility index (Phi) is 3.15. The van der Waals surface area contributed by atoms with Gasteiger partial charge in [-0.05, 0) is 32.9 Å². The molecule has 0 spiro atoms. The van der Waals surface area contributed by atoms with Gasteiger partial charge < -0.3 is 10.2 Å². The normalized spacial score (nSPS) is 23.5. The van der Waals surface area contributed by atoms with Gasteiger partial charge in [0.2, 0.25) is 0 Å². The molecule has 1 aliphatic heterocycles. The van der Waals surface area contributed by atoms with E-state index in [2.05, 4.69) is 31.1 Å². The van der Waals surface area contributed by atoms with Crippen LogP contribution < -0.4 is 5.32 Å². The largest absolute Gasteiger partial charge is 0.333 e. The first-order valence-electron chi connectivity index (χ1n) is 5.96. The van der Waals surface area contributed by atoms with Gasteiger partial charge in [-0.2, -0.15) is 0 Å². The number of nitrogens with one attached hydrogen (secondary N) is 1. The topological polar surface area (TPSA) is 45.2 Å². The van der Waals surface area contributed by atoms with E-state index in [0.717, 1.165) is 13.1 Å². The van der Waals surface area contributed by atoms with Gasteiger partial charge in [0.05, 0.1) is 5.56 Å². The maximum absolute atomic E-state index is 12.4. The van der Waals surface area contributed by atoms with E-state index >= 15 is 0 Å². The molecular weight excluding hydrogens is 214 g/mol. The van der Waals surface area contributed by atoms with Crippen LogP contribution in [0.25, 0.3) is 0 Å². The zero-order valence-electron chi connectivity index (χ0n) is 10.6. The Hall–Kier alpha value is -1.42. The summed E-state index contributed by atoms with van der Waals surface area (Å²) in [5.74, 6) is 0.0696. The number of pyridine rings is 1.